The van der Waals surface area contributed by atoms with E-state index >= 15 is 8.78 Å². The molecule has 12 heteroatoms. The molecule has 34 heavy (non-hydrogen) atoms. The van der Waals surface area contributed by atoms with Crippen LogP contribution in [0.15, 0.2) is 18.2 Å². The number of nitrogens with zero attached hydrogens (tertiary/aromatic N) is 4. The quantitative estimate of drug-likeness (QED) is 0.624. The molecule has 2 aliphatic heterocycles. The van der Waals surface area contributed by atoms with Crippen molar-refractivity contribution in [2.45, 2.75) is 51.2 Å². The van der Waals surface area contributed by atoms with Gasteiger partial charge in [0, 0.05) is 43.2 Å². The van der Waals surface area contributed by atoms with Gasteiger partial charge in [0.05, 0.1) is 17.8 Å². The SMILES string of the molecule is C[C@@H]1Cc2nn3c(c2CN1C(=O)Nc1ccc(F)c(C#N)c1)C(F)(F)CC[C@@H](CNC(=O)O)C3. The van der Waals surface area contributed by atoms with Gasteiger partial charge < -0.3 is 20.6 Å². The lowest BCUT2D eigenvalue weighted by Crippen LogP contribution is -2.45. The molecule has 0 saturated heterocycles. The summed E-state index contributed by atoms with van der Waals surface area (Å²) in [6, 6.07) is 4.39. The van der Waals surface area contributed by atoms with Crippen LogP contribution in [0.25, 0.3) is 0 Å². The van der Waals surface area contributed by atoms with Crippen LogP contribution >= 0.6 is 0 Å². The third kappa shape index (κ3) is 4.50. The van der Waals surface area contributed by atoms with Gasteiger partial charge in [-0.2, -0.15) is 19.1 Å². The standard InChI is InChI=1S/C22H23F3N6O3/c1-12-6-18-16(11-30(12)20(32)28-15-2-3-17(23)14(7-15)8-26)19-22(24,25)5-4-13(9-27-21(33)34)10-31(19)29-18/h2-3,7,12-13,27H,4-6,9-11H2,1H3,(H,28,32)(H,33,34)/t12-,13+/m1/s1. The van der Waals surface area contributed by atoms with Crippen molar-refractivity contribution in [3.63, 3.8) is 0 Å². The van der Waals surface area contributed by atoms with Crippen LogP contribution in [0, 0.1) is 23.1 Å². The van der Waals surface area contributed by atoms with Crippen molar-refractivity contribution in [2.75, 3.05) is 11.9 Å². The summed E-state index contributed by atoms with van der Waals surface area (Å²) < 4.78 is 45.2. The Morgan fingerprint density at radius 2 is 2.15 bits per heavy atom. The average molecular weight is 476 g/mol. The number of fused-ring (bicyclic) bond motifs is 3. The van der Waals surface area contributed by atoms with Crippen molar-refractivity contribution in [3.8, 4) is 6.07 Å². The number of carboxylic acid groups (broad SMARTS) is 1. The van der Waals surface area contributed by atoms with E-state index in [-0.39, 0.29) is 61.4 Å². The number of carbonyl (C=O) groups excluding carboxylic acids is 1. The molecule has 2 atom stereocenters. The Morgan fingerprint density at radius 1 is 1.38 bits per heavy atom. The van der Waals surface area contributed by atoms with Gasteiger partial charge in [-0.25, -0.2) is 14.0 Å². The molecular weight excluding hydrogens is 453 g/mol. The molecule has 3 heterocycles. The average Bonchev–Trinajstić information content (AvgIpc) is 3.07. The molecule has 0 unspecified atom stereocenters. The number of halogens is 3. The lowest BCUT2D eigenvalue weighted by Gasteiger charge is -2.33. The van der Waals surface area contributed by atoms with E-state index in [9.17, 15) is 14.0 Å². The molecule has 0 spiro atoms. The molecule has 2 aliphatic rings. The van der Waals surface area contributed by atoms with E-state index < -0.39 is 30.3 Å². The van der Waals surface area contributed by atoms with Gasteiger partial charge in [0.25, 0.3) is 5.92 Å². The number of urea groups is 1. The summed E-state index contributed by atoms with van der Waals surface area (Å²) in [6.07, 6.45) is -1.28. The topological polar surface area (TPSA) is 123 Å². The number of rotatable bonds is 3. The van der Waals surface area contributed by atoms with Gasteiger partial charge in [-0.15, -0.1) is 0 Å². The summed E-state index contributed by atoms with van der Waals surface area (Å²) in [4.78, 5) is 25.2. The smallest absolute Gasteiger partial charge is 0.404 e. The monoisotopic (exact) mass is 476 g/mol. The number of carbonyl (C=O) groups is 2. The number of nitriles is 1. The van der Waals surface area contributed by atoms with Crippen molar-refractivity contribution in [1.29, 1.82) is 5.26 Å². The van der Waals surface area contributed by atoms with E-state index in [4.69, 9.17) is 10.4 Å². The van der Waals surface area contributed by atoms with Crippen molar-refractivity contribution in [2.24, 2.45) is 5.92 Å². The first kappa shape index (κ1) is 23.4. The number of anilines is 1. The predicted octanol–water partition coefficient (Wildman–Crippen LogP) is 3.64. The third-order valence-electron chi connectivity index (χ3n) is 6.27. The number of hydrogen-bond donors (Lipinski definition) is 3. The highest BCUT2D eigenvalue weighted by Gasteiger charge is 2.44. The minimum atomic E-state index is -3.18. The predicted molar refractivity (Wildman–Crippen MR) is 114 cm³/mol. The molecule has 0 radical (unpaired) electrons. The zero-order chi connectivity index (χ0) is 24.6. The molecular formula is C22H23F3N6O3. The van der Waals surface area contributed by atoms with Crippen LogP contribution < -0.4 is 10.6 Å². The number of nitrogens with one attached hydrogen (secondary N) is 2. The summed E-state index contributed by atoms with van der Waals surface area (Å²) >= 11 is 0. The molecule has 180 valence electrons. The van der Waals surface area contributed by atoms with Crippen LogP contribution in [-0.4, -0.2) is 44.5 Å². The summed E-state index contributed by atoms with van der Waals surface area (Å²) in [5, 5.41) is 27.1. The number of amides is 3. The van der Waals surface area contributed by atoms with Gasteiger partial charge in [0.15, 0.2) is 0 Å². The first-order chi connectivity index (χ1) is 16.1. The number of alkyl halides is 2. The Balaban J connectivity index is 1.58. The van der Waals surface area contributed by atoms with Crippen molar-refractivity contribution in [1.82, 2.24) is 20.0 Å². The molecule has 9 nitrogen and oxygen atoms in total. The lowest BCUT2D eigenvalue weighted by atomic mass is 9.95. The van der Waals surface area contributed by atoms with Gasteiger partial charge in [0.2, 0.25) is 0 Å². The van der Waals surface area contributed by atoms with Crippen LogP contribution in [0.4, 0.5) is 28.4 Å². The highest BCUT2D eigenvalue weighted by molar-refractivity contribution is 5.90. The number of aromatic nitrogens is 2. The fourth-order valence-corrected chi connectivity index (χ4v) is 4.53. The first-order valence-electron chi connectivity index (χ1n) is 10.8. The highest BCUT2D eigenvalue weighted by Crippen LogP contribution is 2.42. The fraction of sp³-hybridized carbons (Fsp3) is 0.455. The van der Waals surface area contributed by atoms with E-state index in [2.05, 4.69) is 15.7 Å². The summed E-state index contributed by atoms with van der Waals surface area (Å²) in [6.45, 7) is 1.88. The first-order valence-corrected chi connectivity index (χ1v) is 10.8. The molecule has 0 aliphatic carbocycles. The van der Waals surface area contributed by atoms with Crippen molar-refractivity contribution in [3.05, 3.63) is 46.5 Å². The van der Waals surface area contributed by atoms with Gasteiger partial charge in [-0.3, -0.25) is 4.68 Å². The maximum Gasteiger partial charge on any atom is 0.404 e. The minimum Gasteiger partial charge on any atom is -0.465 e. The third-order valence-corrected chi connectivity index (χ3v) is 6.27. The maximum absolute atomic E-state index is 15.2. The molecule has 0 bridgehead atoms. The number of benzene rings is 1. The van der Waals surface area contributed by atoms with E-state index in [1.165, 1.54) is 21.7 Å². The van der Waals surface area contributed by atoms with E-state index in [0.717, 1.165) is 6.07 Å². The molecule has 3 N–H and O–H groups in total. The van der Waals surface area contributed by atoms with Crippen LogP contribution in [0.3, 0.4) is 0 Å². The normalized spacial score (nSPS) is 21.0. The van der Waals surface area contributed by atoms with Gasteiger partial charge >= 0.3 is 12.1 Å². The summed E-state index contributed by atoms with van der Waals surface area (Å²) in [7, 11) is 0. The van der Waals surface area contributed by atoms with Gasteiger partial charge in [-0.05, 0) is 37.5 Å². The number of hydrogen-bond acceptors (Lipinski definition) is 4. The van der Waals surface area contributed by atoms with E-state index in [0.29, 0.717) is 11.3 Å². The van der Waals surface area contributed by atoms with E-state index in [1.807, 2.05) is 0 Å². The van der Waals surface area contributed by atoms with Crippen molar-refractivity contribution < 1.29 is 27.9 Å². The molecule has 1 aromatic carbocycles. The summed E-state index contributed by atoms with van der Waals surface area (Å²) in [5.41, 5.74) is 0.543. The molecule has 1 aromatic heterocycles. The fourth-order valence-electron chi connectivity index (χ4n) is 4.53. The molecule has 0 saturated carbocycles. The second kappa shape index (κ2) is 8.89. The van der Waals surface area contributed by atoms with Crippen molar-refractivity contribution >= 4 is 17.8 Å². The van der Waals surface area contributed by atoms with Crippen LogP contribution in [0.1, 0.15) is 42.3 Å². The molecule has 0 fully saturated rings. The lowest BCUT2D eigenvalue weighted by molar-refractivity contribution is -0.0219. The minimum absolute atomic E-state index is 0.0443. The Labute approximate surface area is 193 Å². The highest BCUT2D eigenvalue weighted by atomic mass is 19.3. The van der Waals surface area contributed by atoms with E-state index in [1.54, 1.807) is 13.0 Å². The van der Waals surface area contributed by atoms with Crippen LogP contribution in [0.2, 0.25) is 0 Å². The zero-order valence-electron chi connectivity index (χ0n) is 18.3. The van der Waals surface area contributed by atoms with Gasteiger partial charge in [-0.1, -0.05) is 0 Å². The molecule has 2 aromatic rings. The maximum atomic E-state index is 15.2. The zero-order valence-corrected chi connectivity index (χ0v) is 18.3. The second-order valence-electron chi connectivity index (χ2n) is 8.67. The largest absolute Gasteiger partial charge is 0.465 e. The van der Waals surface area contributed by atoms with Gasteiger partial charge in [0.1, 0.15) is 17.6 Å². The molecule has 4 rings (SSSR count). The Morgan fingerprint density at radius 3 is 2.85 bits per heavy atom. The second-order valence-corrected chi connectivity index (χ2v) is 8.67. The van der Waals surface area contributed by atoms with Crippen LogP contribution in [0.5, 0.6) is 0 Å². The van der Waals surface area contributed by atoms with Crippen LogP contribution in [-0.2, 0) is 25.4 Å². The Bertz CT molecular complexity index is 1180. The Hall–Kier alpha value is -3.75. The Kier molecular flexibility index (Phi) is 6.12. The summed E-state index contributed by atoms with van der Waals surface area (Å²) in [5.74, 6) is -4.23. The molecule has 3 amide bonds.